The second kappa shape index (κ2) is 3.70. The molecule has 1 heterocycles. The second-order valence-corrected chi connectivity index (χ2v) is 3.21. The third-order valence-corrected chi connectivity index (χ3v) is 2.02. The molecule has 70 valence electrons. The Morgan fingerprint density at radius 1 is 1.54 bits per heavy atom. The maximum atomic E-state index is 4.98. The van der Waals surface area contributed by atoms with Crippen LogP contribution in [0.3, 0.4) is 0 Å². The van der Waals surface area contributed by atoms with Gasteiger partial charge in [0.25, 0.3) is 0 Å². The van der Waals surface area contributed by atoms with E-state index in [0.717, 1.165) is 12.2 Å². The molecule has 0 atom stereocenters. The Morgan fingerprint density at radius 2 is 2.38 bits per heavy atom. The van der Waals surface area contributed by atoms with Crippen LogP contribution >= 0.6 is 0 Å². The van der Waals surface area contributed by atoms with E-state index >= 15 is 0 Å². The predicted octanol–water partition coefficient (Wildman–Crippen LogP) is 0.737. The minimum atomic E-state index is 0.579. The molecule has 0 aromatic carbocycles. The lowest BCUT2D eigenvalue weighted by Gasteiger charge is -2.03. The number of nitrogens with one attached hydrogen (secondary N) is 1. The molecule has 4 nitrogen and oxygen atoms in total. The van der Waals surface area contributed by atoms with Gasteiger partial charge in [-0.3, -0.25) is 4.98 Å². The van der Waals surface area contributed by atoms with Gasteiger partial charge in [-0.25, -0.2) is 4.98 Å². The van der Waals surface area contributed by atoms with Gasteiger partial charge < -0.3 is 10.1 Å². The monoisotopic (exact) mass is 179 g/mol. The molecule has 1 aromatic heterocycles. The fourth-order valence-corrected chi connectivity index (χ4v) is 1.11. The van der Waals surface area contributed by atoms with Crippen LogP contribution in [0.25, 0.3) is 0 Å². The molecule has 1 aliphatic carbocycles. The van der Waals surface area contributed by atoms with Gasteiger partial charge in [0.05, 0.1) is 19.0 Å². The zero-order chi connectivity index (χ0) is 9.10. The minimum Gasteiger partial charge on any atom is -0.480 e. The van der Waals surface area contributed by atoms with Gasteiger partial charge >= 0.3 is 0 Å². The Morgan fingerprint density at radius 3 is 3.08 bits per heavy atom. The number of nitrogens with zero attached hydrogens (tertiary/aromatic N) is 2. The van der Waals surface area contributed by atoms with Crippen LogP contribution in [0.5, 0.6) is 5.88 Å². The van der Waals surface area contributed by atoms with Crippen LogP contribution in [-0.4, -0.2) is 23.1 Å². The molecule has 0 spiro atoms. The van der Waals surface area contributed by atoms with Gasteiger partial charge in [-0.2, -0.15) is 0 Å². The van der Waals surface area contributed by atoms with Gasteiger partial charge in [0, 0.05) is 18.8 Å². The van der Waals surface area contributed by atoms with Crippen molar-refractivity contribution in [2.45, 2.75) is 25.4 Å². The quantitative estimate of drug-likeness (QED) is 0.740. The molecule has 0 aliphatic heterocycles. The normalized spacial score (nSPS) is 15.8. The van der Waals surface area contributed by atoms with Crippen molar-refractivity contribution in [1.29, 1.82) is 0 Å². The number of hydrogen-bond acceptors (Lipinski definition) is 4. The smallest absolute Gasteiger partial charge is 0.232 e. The van der Waals surface area contributed by atoms with Crippen molar-refractivity contribution < 1.29 is 4.74 Å². The van der Waals surface area contributed by atoms with Crippen molar-refractivity contribution in [2.75, 3.05) is 7.11 Å². The molecule has 0 saturated heterocycles. The summed E-state index contributed by atoms with van der Waals surface area (Å²) < 4.78 is 4.98. The predicted molar refractivity (Wildman–Crippen MR) is 48.4 cm³/mol. The molecular weight excluding hydrogens is 166 g/mol. The summed E-state index contributed by atoms with van der Waals surface area (Å²) in [5.41, 5.74) is 0.936. The van der Waals surface area contributed by atoms with E-state index in [1.807, 2.05) is 0 Å². The van der Waals surface area contributed by atoms with Gasteiger partial charge in [0.15, 0.2) is 0 Å². The molecular formula is C9H13N3O. The first-order chi connectivity index (χ1) is 6.38. The standard InChI is InChI=1S/C9H13N3O/c1-13-9-6-10-4-8(12-9)5-11-7-2-3-7/h4,6-7,11H,2-3,5H2,1H3. The van der Waals surface area contributed by atoms with Crippen molar-refractivity contribution >= 4 is 0 Å². The summed E-state index contributed by atoms with van der Waals surface area (Å²) in [6, 6.07) is 0.702. The third kappa shape index (κ3) is 2.39. The largest absolute Gasteiger partial charge is 0.480 e. The van der Waals surface area contributed by atoms with Crippen molar-refractivity contribution in [3.63, 3.8) is 0 Å². The Bertz CT molecular complexity index is 286. The van der Waals surface area contributed by atoms with Crippen LogP contribution in [0, 0.1) is 0 Å². The lowest BCUT2D eigenvalue weighted by atomic mass is 10.4. The van der Waals surface area contributed by atoms with Gasteiger partial charge in [0.1, 0.15) is 0 Å². The lowest BCUT2D eigenvalue weighted by Crippen LogP contribution is -2.16. The Hall–Kier alpha value is -1.16. The number of hydrogen-bond donors (Lipinski definition) is 1. The molecule has 4 heteroatoms. The summed E-state index contributed by atoms with van der Waals surface area (Å²) in [7, 11) is 1.60. The fourth-order valence-electron chi connectivity index (χ4n) is 1.11. The van der Waals surface area contributed by atoms with Gasteiger partial charge in [-0.15, -0.1) is 0 Å². The zero-order valence-electron chi connectivity index (χ0n) is 7.66. The summed E-state index contributed by atoms with van der Waals surface area (Å²) in [5.74, 6) is 0.579. The van der Waals surface area contributed by atoms with Gasteiger partial charge in [0.2, 0.25) is 5.88 Å². The summed E-state index contributed by atoms with van der Waals surface area (Å²) >= 11 is 0. The van der Waals surface area contributed by atoms with Gasteiger partial charge in [-0.05, 0) is 12.8 Å². The molecule has 1 aliphatic rings. The van der Waals surface area contributed by atoms with E-state index in [1.165, 1.54) is 12.8 Å². The van der Waals surface area contributed by atoms with E-state index in [1.54, 1.807) is 19.5 Å². The topological polar surface area (TPSA) is 47.0 Å². The van der Waals surface area contributed by atoms with Crippen LogP contribution in [0.15, 0.2) is 12.4 Å². The van der Waals surface area contributed by atoms with Crippen LogP contribution in [-0.2, 0) is 6.54 Å². The average Bonchev–Trinajstić information content (AvgIpc) is 2.99. The fraction of sp³-hybridized carbons (Fsp3) is 0.556. The molecule has 1 saturated carbocycles. The maximum Gasteiger partial charge on any atom is 0.232 e. The average molecular weight is 179 g/mol. The number of methoxy groups -OCH3 is 1. The zero-order valence-corrected chi connectivity index (χ0v) is 7.66. The van der Waals surface area contributed by atoms with Crippen molar-refractivity contribution in [3.05, 3.63) is 18.1 Å². The van der Waals surface area contributed by atoms with Crippen LogP contribution in [0.4, 0.5) is 0 Å². The first kappa shape index (κ1) is 8.44. The first-order valence-corrected chi connectivity index (χ1v) is 4.47. The lowest BCUT2D eigenvalue weighted by molar-refractivity contribution is 0.393. The number of rotatable bonds is 4. The molecule has 0 unspecified atom stereocenters. The number of aromatic nitrogens is 2. The highest BCUT2D eigenvalue weighted by molar-refractivity contribution is 5.08. The highest BCUT2D eigenvalue weighted by atomic mass is 16.5. The maximum absolute atomic E-state index is 4.98. The Balaban J connectivity index is 1.93. The van der Waals surface area contributed by atoms with E-state index in [-0.39, 0.29) is 0 Å². The van der Waals surface area contributed by atoms with E-state index in [2.05, 4.69) is 15.3 Å². The summed E-state index contributed by atoms with van der Waals surface area (Å²) in [6.45, 7) is 0.787. The molecule has 0 bridgehead atoms. The highest BCUT2D eigenvalue weighted by Crippen LogP contribution is 2.19. The molecule has 1 N–H and O–H groups in total. The molecule has 1 aromatic rings. The third-order valence-electron chi connectivity index (χ3n) is 2.02. The molecule has 0 radical (unpaired) electrons. The summed E-state index contributed by atoms with van der Waals surface area (Å²) in [4.78, 5) is 8.27. The van der Waals surface area contributed by atoms with E-state index in [9.17, 15) is 0 Å². The van der Waals surface area contributed by atoms with Crippen LogP contribution in [0.1, 0.15) is 18.5 Å². The minimum absolute atomic E-state index is 0.579. The Kier molecular flexibility index (Phi) is 2.40. The molecule has 13 heavy (non-hydrogen) atoms. The molecule has 0 amide bonds. The van der Waals surface area contributed by atoms with E-state index in [0.29, 0.717) is 11.9 Å². The van der Waals surface area contributed by atoms with E-state index < -0.39 is 0 Å². The van der Waals surface area contributed by atoms with Crippen molar-refractivity contribution in [1.82, 2.24) is 15.3 Å². The summed E-state index contributed by atoms with van der Waals surface area (Å²) in [6.07, 6.45) is 5.95. The highest BCUT2D eigenvalue weighted by Gasteiger charge is 2.20. The second-order valence-electron chi connectivity index (χ2n) is 3.21. The summed E-state index contributed by atoms with van der Waals surface area (Å²) in [5, 5.41) is 3.37. The molecule has 1 fully saturated rings. The van der Waals surface area contributed by atoms with Crippen LogP contribution < -0.4 is 10.1 Å². The van der Waals surface area contributed by atoms with Crippen molar-refractivity contribution in [2.24, 2.45) is 0 Å². The first-order valence-electron chi connectivity index (χ1n) is 4.47. The van der Waals surface area contributed by atoms with E-state index in [4.69, 9.17) is 4.74 Å². The van der Waals surface area contributed by atoms with Crippen molar-refractivity contribution in [3.8, 4) is 5.88 Å². The van der Waals surface area contributed by atoms with Gasteiger partial charge in [-0.1, -0.05) is 0 Å². The molecule has 2 rings (SSSR count). The number of ether oxygens (including phenoxy) is 1. The Labute approximate surface area is 77.4 Å². The van der Waals surface area contributed by atoms with Crippen LogP contribution in [0.2, 0.25) is 0 Å². The SMILES string of the molecule is COc1cncc(CNC2CC2)n1.